The summed E-state index contributed by atoms with van der Waals surface area (Å²) in [7, 11) is 0. The van der Waals surface area contributed by atoms with E-state index in [-0.39, 0.29) is 12.2 Å². The van der Waals surface area contributed by atoms with Crippen molar-refractivity contribution in [3.8, 4) is 0 Å². The van der Waals surface area contributed by atoms with Gasteiger partial charge in [0.15, 0.2) is 0 Å². The number of amides is 3. The first-order chi connectivity index (χ1) is 15.5. The Morgan fingerprint density at radius 1 is 1.06 bits per heavy atom. The van der Waals surface area contributed by atoms with Gasteiger partial charge in [-0.3, -0.25) is 14.4 Å². The minimum Gasteiger partial charge on any atom is -0.480 e. The van der Waals surface area contributed by atoms with Gasteiger partial charge < -0.3 is 36.9 Å². The number of hydrogen-bond acceptors (Lipinski definition) is 7. The number of carboxylic acids is 1. The van der Waals surface area contributed by atoms with Gasteiger partial charge in [0.25, 0.3) is 0 Å². The molecule has 1 heterocycles. The van der Waals surface area contributed by atoms with Gasteiger partial charge in [-0.05, 0) is 31.9 Å². The number of aromatic amines is 1. The molecule has 0 spiro atoms. The van der Waals surface area contributed by atoms with Crippen molar-refractivity contribution < 1.29 is 29.4 Å². The van der Waals surface area contributed by atoms with Crippen LogP contribution in [0.4, 0.5) is 0 Å². The lowest BCUT2D eigenvalue weighted by atomic mass is 10.0. The van der Waals surface area contributed by atoms with Crippen molar-refractivity contribution in [1.82, 2.24) is 20.9 Å². The summed E-state index contributed by atoms with van der Waals surface area (Å²) in [5, 5.41) is 26.9. The molecular formula is C21H29N5O6S. The van der Waals surface area contributed by atoms with Crippen LogP contribution in [-0.2, 0) is 25.6 Å². The van der Waals surface area contributed by atoms with Crippen LogP contribution in [0.15, 0.2) is 30.5 Å². The Labute approximate surface area is 195 Å². The zero-order valence-corrected chi connectivity index (χ0v) is 19.1. The predicted octanol–water partition coefficient (Wildman–Crippen LogP) is -1.09. The van der Waals surface area contributed by atoms with E-state index >= 15 is 0 Å². The molecule has 11 nitrogen and oxygen atoms in total. The molecule has 0 bridgehead atoms. The quantitative estimate of drug-likeness (QED) is 0.188. The third-order valence-corrected chi connectivity index (χ3v) is 5.43. The first-order valence-electron chi connectivity index (χ1n) is 10.3. The third-order valence-electron chi connectivity index (χ3n) is 5.06. The summed E-state index contributed by atoms with van der Waals surface area (Å²) in [4.78, 5) is 51.5. The summed E-state index contributed by atoms with van der Waals surface area (Å²) in [5.74, 6) is -3.63. The van der Waals surface area contributed by atoms with Crippen molar-refractivity contribution in [3.63, 3.8) is 0 Å². The Balaban J connectivity index is 1.99. The van der Waals surface area contributed by atoms with Crippen molar-refractivity contribution in [1.29, 1.82) is 0 Å². The van der Waals surface area contributed by atoms with Crippen molar-refractivity contribution in [2.75, 3.05) is 5.75 Å². The first kappa shape index (κ1) is 26.2. The van der Waals surface area contributed by atoms with Crippen LogP contribution < -0.4 is 21.7 Å². The Morgan fingerprint density at radius 2 is 1.73 bits per heavy atom. The van der Waals surface area contributed by atoms with Crippen LogP contribution in [0.5, 0.6) is 0 Å². The molecule has 180 valence electrons. The van der Waals surface area contributed by atoms with E-state index in [1.165, 1.54) is 13.8 Å². The van der Waals surface area contributed by atoms with Gasteiger partial charge in [0.1, 0.15) is 18.1 Å². The number of nitrogens with two attached hydrogens (primary N) is 1. The number of carbonyl (C=O) groups is 4. The molecule has 5 atom stereocenters. The highest BCUT2D eigenvalue weighted by atomic mass is 32.1. The normalized spacial score (nSPS) is 15.7. The second-order valence-corrected chi connectivity index (χ2v) is 8.07. The van der Waals surface area contributed by atoms with E-state index in [4.69, 9.17) is 10.8 Å². The standard InChI is InChI=1S/C21H29N5O6S/c1-10(18(28)25-16(9-33)21(31)32)24-20(30)17(11(2)27)26-19(29)14(22)7-12-8-23-15-6-4-3-5-13(12)15/h3-6,8,10-11,14,16-17,23,27,33H,7,9,22H2,1-2H3,(H,24,30)(H,25,28)(H,26,29)(H,31,32). The fraction of sp³-hybridized carbons (Fsp3) is 0.429. The predicted molar refractivity (Wildman–Crippen MR) is 125 cm³/mol. The molecule has 2 aromatic rings. The second-order valence-electron chi connectivity index (χ2n) is 7.71. The Morgan fingerprint density at radius 3 is 2.33 bits per heavy atom. The molecule has 0 aliphatic rings. The summed E-state index contributed by atoms with van der Waals surface area (Å²) < 4.78 is 0. The number of nitrogens with one attached hydrogen (secondary N) is 4. The number of H-pyrrole nitrogens is 1. The number of aliphatic hydroxyl groups is 1. The summed E-state index contributed by atoms with van der Waals surface area (Å²) in [5.41, 5.74) is 7.76. The minimum absolute atomic E-state index is 0.136. The Bertz CT molecular complexity index is 1010. The van der Waals surface area contributed by atoms with E-state index in [1.807, 2.05) is 24.3 Å². The Hall–Kier alpha value is -3.09. The summed E-state index contributed by atoms with van der Waals surface area (Å²) in [6.45, 7) is 2.65. The SMILES string of the molecule is CC(NC(=O)C(NC(=O)C(N)Cc1c[nH]c2ccccc12)C(C)O)C(=O)NC(CS)C(=O)O. The fourth-order valence-corrected chi connectivity index (χ4v) is 3.39. The summed E-state index contributed by atoms with van der Waals surface area (Å²) in [6.07, 6.45) is 0.670. The smallest absolute Gasteiger partial charge is 0.327 e. The number of aliphatic carboxylic acids is 1. The average Bonchev–Trinajstić information content (AvgIpc) is 3.17. The number of rotatable bonds is 11. The zero-order valence-electron chi connectivity index (χ0n) is 18.2. The molecule has 2 rings (SSSR count). The number of fused-ring (bicyclic) bond motifs is 1. The molecule has 8 N–H and O–H groups in total. The Kier molecular flexibility index (Phi) is 9.26. The summed E-state index contributed by atoms with van der Waals surface area (Å²) >= 11 is 3.86. The van der Waals surface area contributed by atoms with E-state index in [2.05, 4.69) is 33.6 Å². The van der Waals surface area contributed by atoms with E-state index in [0.717, 1.165) is 16.5 Å². The van der Waals surface area contributed by atoms with Gasteiger partial charge in [-0.15, -0.1) is 0 Å². The zero-order chi connectivity index (χ0) is 24.7. The molecule has 33 heavy (non-hydrogen) atoms. The number of carboxylic acid groups (broad SMARTS) is 1. The molecule has 1 aromatic carbocycles. The van der Waals surface area contributed by atoms with Gasteiger partial charge in [-0.1, -0.05) is 18.2 Å². The van der Waals surface area contributed by atoms with Gasteiger partial charge in [-0.25, -0.2) is 4.79 Å². The first-order valence-corrected chi connectivity index (χ1v) is 10.9. The van der Waals surface area contributed by atoms with E-state index in [0.29, 0.717) is 0 Å². The summed E-state index contributed by atoms with van der Waals surface area (Å²) in [6, 6.07) is 2.81. The molecule has 12 heteroatoms. The number of benzene rings is 1. The maximum atomic E-state index is 12.6. The van der Waals surface area contributed by atoms with Crippen molar-refractivity contribution in [2.24, 2.45) is 5.73 Å². The molecular weight excluding hydrogens is 450 g/mol. The maximum absolute atomic E-state index is 12.6. The van der Waals surface area contributed by atoms with Crippen LogP contribution in [-0.4, -0.2) is 74.9 Å². The molecule has 5 unspecified atom stereocenters. The van der Waals surface area contributed by atoms with Gasteiger partial charge in [0, 0.05) is 22.9 Å². The van der Waals surface area contributed by atoms with Gasteiger partial charge >= 0.3 is 5.97 Å². The molecule has 1 aromatic heterocycles. The van der Waals surface area contributed by atoms with Crippen LogP contribution in [0, 0.1) is 0 Å². The molecule has 0 fully saturated rings. The van der Waals surface area contributed by atoms with Crippen molar-refractivity contribution in [2.45, 2.75) is 50.5 Å². The van der Waals surface area contributed by atoms with Crippen molar-refractivity contribution in [3.05, 3.63) is 36.0 Å². The third kappa shape index (κ3) is 6.94. The highest BCUT2D eigenvalue weighted by Gasteiger charge is 2.30. The number of thiol groups is 1. The highest BCUT2D eigenvalue weighted by Crippen LogP contribution is 2.18. The lowest BCUT2D eigenvalue weighted by molar-refractivity contribution is -0.141. The van der Waals surface area contributed by atoms with Gasteiger partial charge in [0.05, 0.1) is 12.1 Å². The molecule has 0 saturated heterocycles. The molecule has 0 aliphatic heterocycles. The molecule has 0 radical (unpaired) electrons. The van der Waals surface area contributed by atoms with E-state index in [9.17, 15) is 24.3 Å². The monoisotopic (exact) mass is 479 g/mol. The largest absolute Gasteiger partial charge is 0.480 e. The number of para-hydroxylation sites is 1. The van der Waals surface area contributed by atoms with E-state index in [1.54, 1.807) is 6.20 Å². The van der Waals surface area contributed by atoms with Gasteiger partial charge in [-0.2, -0.15) is 12.6 Å². The minimum atomic E-state index is -1.37. The van der Waals surface area contributed by atoms with Crippen LogP contribution >= 0.6 is 12.6 Å². The molecule has 0 aliphatic carbocycles. The topological polar surface area (TPSA) is 187 Å². The van der Waals surface area contributed by atoms with Crippen LogP contribution in [0.2, 0.25) is 0 Å². The fourth-order valence-electron chi connectivity index (χ4n) is 3.15. The van der Waals surface area contributed by atoms with Crippen LogP contribution in [0.1, 0.15) is 19.4 Å². The van der Waals surface area contributed by atoms with E-state index < -0.39 is 54.0 Å². The lowest BCUT2D eigenvalue weighted by Crippen LogP contribution is -2.59. The van der Waals surface area contributed by atoms with Crippen molar-refractivity contribution >= 4 is 47.2 Å². The van der Waals surface area contributed by atoms with Crippen LogP contribution in [0.25, 0.3) is 10.9 Å². The second kappa shape index (κ2) is 11.7. The number of carbonyl (C=O) groups excluding carboxylic acids is 3. The lowest BCUT2D eigenvalue weighted by Gasteiger charge is -2.25. The number of hydrogen-bond donors (Lipinski definition) is 8. The maximum Gasteiger partial charge on any atom is 0.327 e. The number of aromatic nitrogens is 1. The average molecular weight is 480 g/mol. The van der Waals surface area contributed by atoms with Gasteiger partial charge in [0.2, 0.25) is 17.7 Å². The van der Waals surface area contributed by atoms with Crippen LogP contribution in [0.3, 0.4) is 0 Å². The molecule has 3 amide bonds. The molecule has 0 saturated carbocycles. The number of aliphatic hydroxyl groups excluding tert-OH is 1. The highest BCUT2D eigenvalue weighted by molar-refractivity contribution is 7.80.